The highest BCUT2D eigenvalue weighted by Gasteiger charge is 2.39. The van der Waals surface area contributed by atoms with Crippen molar-refractivity contribution >= 4 is 11.6 Å². The van der Waals surface area contributed by atoms with Crippen molar-refractivity contribution in [3.05, 3.63) is 82.9 Å². The topological polar surface area (TPSA) is 63.0 Å². The quantitative estimate of drug-likeness (QED) is 0.317. The van der Waals surface area contributed by atoms with E-state index in [2.05, 4.69) is 15.0 Å². The van der Waals surface area contributed by atoms with E-state index in [1.165, 1.54) is 26.2 Å². The Morgan fingerprint density at radius 3 is 2.23 bits per heavy atom. The predicted octanol–water partition coefficient (Wildman–Crippen LogP) is 5.39. The van der Waals surface area contributed by atoms with E-state index in [1.54, 1.807) is 41.3 Å². The van der Waals surface area contributed by atoms with Crippen LogP contribution in [0.4, 0.5) is 17.6 Å². The highest BCUT2D eigenvalue weighted by Crippen LogP contribution is 2.37. The number of hydrogen-bond acceptors (Lipinski definition) is 5. The van der Waals surface area contributed by atoms with Gasteiger partial charge in [-0.25, -0.2) is 13.9 Å². The SMILES string of the molecule is COc1ccc(-c2nc3c(C(=O)N4CCN([C@H](C)c5ccc(F)cc5)CC4)cnn3c(C(F)(F)F)c2C)cc1. The minimum absolute atomic E-state index is 0.00953. The van der Waals surface area contributed by atoms with E-state index < -0.39 is 17.8 Å². The fourth-order valence-corrected chi connectivity index (χ4v) is 5.02. The molecular formula is C28H27F4N5O2. The number of ether oxygens (including phenoxy) is 1. The van der Waals surface area contributed by atoms with Gasteiger partial charge in [0.2, 0.25) is 0 Å². The molecule has 3 heterocycles. The summed E-state index contributed by atoms with van der Waals surface area (Å²) in [7, 11) is 1.50. The lowest BCUT2D eigenvalue weighted by molar-refractivity contribution is -0.143. The Morgan fingerprint density at radius 2 is 1.64 bits per heavy atom. The second-order valence-corrected chi connectivity index (χ2v) is 9.51. The monoisotopic (exact) mass is 541 g/mol. The molecule has 4 aromatic rings. The molecule has 7 nitrogen and oxygen atoms in total. The fraction of sp³-hybridized carbons (Fsp3) is 0.321. The average molecular weight is 542 g/mol. The molecule has 1 amide bonds. The molecule has 39 heavy (non-hydrogen) atoms. The number of methoxy groups -OCH3 is 1. The lowest BCUT2D eigenvalue weighted by Crippen LogP contribution is -2.49. The Bertz CT molecular complexity index is 1490. The first-order chi connectivity index (χ1) is 18.6. The van der Waals surface area contributed by atoms with Crippen molar-refractivity contribution in [3.8, 4) is 17.0 Å². The first kappa shape index (κ1) is 26.6. The third-order valence-electron chi connectivity index (χ3n) is 7.25. The van der Waals surface area contributed by atoms with E-state index in [0.29, 0.717) is 42.0 Å². The van der Waals surface area contributed by atoms with Crippen LogP contribution >= 0.6 is 0 Å². The molecule has 1 saturated heterocycles. The summed E-state index contributed by atoms with van der Waals surface area (Å²) in [5.74, 6) is -0.173. The number of hydrogen-bond donors (Lipinski definition) is 0. The Hall–Kier alpha value is -3.99. The first-order valence-electron chi connectivity index (χ1n) is 12.5. The van der Waals surface area contributed by atoms with Crippen LogP contribution in [0.2, 0.25) is 0 Å². The molecule has 1 aliphatic heterocycles. The minimum Gasteiger partial charge on any atom is -0.497 e. The maximum atomic E-state index is 14.2. The molecule has 11 heteroatoms. The summed E-state index contributed by atoms with van der Waals surface area (Å²) >= 11 is 0. The van der Waals surface area contributed by atoms with Gasteiger partial charge in [0.1, 0.15) is 17.1 Å². The molecule has 2 aromatic heterocycles. The van der Waals surface area contributed by atoms with Crippen molar-refractivity contribution in [3.63, 3.8) is 0 Å². The number of halogens is 4. The largest absolute Gasteiger partial charge is 0.497 e. The molecular weight excluding hydrogens is 514 g/mol. The molecule has 0 unspecified atom stereocenters. The van der Waals surface area contributed by atoms with Crippen LogP contribution in [0.15, 0.2) is 54.7 Å². The Kier molecular flexibility index (Phi) is 7.02. The third-order valence-corrected chi connectivity index (χ3v) is 7.25. The zero-order chi connectivity index (χ0) is 27.9. The second-order valence-electron chi connectivity index (χ2n) is 9.51. The zero-order valence-electron chi connectivity index (χ0n) is 21.7. The fourth-order valence-electron chi connectivity index (χ4n) is 5.02. The Balaban J connectivity index is 1.45. The van der Waals surface area contributed by atoms with Crippen molar-refractivity contribution < 1.29 is 27.1 Å². The van der Waals surface area contributed by atoms with E-state index in [9.17, 15) is 22.4 Å². The number of fused-ring (bicyclic) bond motifs is 1. The van der Waals surface area contributed by atoms with Gasteiger partial charge in [-0.3, -0.25) is 9.69 Å². The summed E-state index contributed by atoms with van der Waals surface area (Å²) in [6.45, 7) is 5.24. The number of nitrogens with zero attached hydrogens (tertiary/aromatic N) is 5. The van der Waals surface area contributed by atoms with Gasteiger partial charge in [0.25, 0.3) is 5.91 Å². The molecule has 0 aliphatic carbocycles. The van der Waals surface area contributed by atoms with Crippen LogP contribution in [-0.2, 0) is 6.18 Å². The molecule has 0 spiro atoms. The first-order valence-corrected chi connectivity index (χ1v) is 12.5. The van der Waals surface area contributed by atoms with E-state index in [1.807, 2.05) is 6.92 Å². The highest BCUT2D eigenvalue weighted by atomic mass is 19.4. The summed E-state index contributed by atoms with van der Waals surface area (Å²) in [5, 5.41) is 3.94. The normalized spacial score (nSPS) is 15.5. The van der Waals surface area contributed by atoms with Gasteiger partial charge in [0.05, 0.1) is 19.0 Å². The van der Waals surface area contributed by atoms with Crippen molar-refractivity contribution in [1.82, 2.24) is 24.4 Å². The van der Waals surface area contributed by atoms with Gasteiger partial charge < -0.3 is 9.64 Å². The summed E-state index contributed by atoms with van der Waals surface area (Å²) in [6, 6.07) is 12.9. The molecule has 0 N–H and O–H groups in total. The van der Waals surface area contributed by atoms with Gasteiger partial charge in [0.15, 0.2) is 11.3 Å². The Morgan fingerprint density at radius 1 is 1.00 bits per heavy atom. The van der Waals surface area contributed by atoms with Crippen LogP contribution < -0.4 is 4.74 Å². The number of aromatic nitrogens is 3. The van der Waals surface area contributed by atoms with Gasteiger partial charge in [-0.1, -0.05) is 12.1 Å². The molecule has 2 aromatic carbocycles. The van der Waals surface area contributed by atoms with E-state index >= 15 is 0 Å². The van der Waals surface area contributed by atoms with Gasteiger partial charge in [-0.05, 0) is 55.8 Å². The number of rotatable bonds is 5. The maximum absolute atomic E-state index is 14.2. The molecule has 0 bridgehead atoms. The van der Waals surface area contributed by atoms with Crippen LogP contribution in [0.25, 0.3) is 16.9 Å². The van der Waals surface area contributed by atoms with Crippen LogP contribution in [0.3, 0.4) is 0 Å². The summed E-state index contributed by atoms with van der Waals surface area (Å²) < 4.78 is 61.8. The predicted molar refractivity (Wildman–Crippen MR) is 137 cm³/mol. The standard InChI is InChI=1S/C28H27F4N5O2/c1-17-24(20-6-10-22(39-3)11-7-20)34-26-23(16-33-37(26)25(17)28(30,31)32)27(38)36-14-12-35(13-15-36)18(2)19-4-8-21(29)9-5-19/h4-11,16,18H,12-15H2,1-3H3/t18-/m1/s1. The van der Waals surface area contributed by atoms with Gasteiger partial charge in [0, 0.05) is 43.3 Å². The zero-order valence-corrected chi connectivity index (χ0v) is 21.7. The smallest absolute Gasteiger partial charge is 0.433 e. The van der Waals surface area contributed by atoms with E-state index in [4.69, 9.17) is 4.74 Å². The summed E-state index contributed by atoms with van der Waals surface area (Å²) in [6.07, 6.45) is -3.56. The lowest BCUT2D eigenvalue weighted by atomic mass is 10.0. The third kappa shape index (κ3) is 5.06. The second kappa shape index (κ2) is 10.3. The van der Waals surface area contributed by atoms with Crippen LogP contribution in [0.5, 0.6) is 5.75 Å². The lowest BCUT2D eigenvalue weighted by Gasteiger charge is -2.38. The van der Waals surface area contributed by atoms with Crippen LogP contribution in [0.1, 0.15) is 40.1 Å². The minimum atomic E-state index is -4.72. The summed E-state index contributed by atoms with van der Waals surface area (Å²) in [5.41, 5.74) is 0.334. The highest BCUT2D eigenvalue weighted by molar-refractivity contribution is 6.00. The number of carbonyl (C=O) groups excluding carboxylic acids is 1. The molecule has 1 aliphatic rings. The number of alkyl halides is 3. The number of amides is 1. The van der Waals surface area contributed by atoms with E-state index in [-0.39, 0.29) is 34.3 Å². The van der Waals surface area contributed by atoms with Gasteiger partial charge in [-0.2, -0.15) is 18.3 Å². The van der Waals surface area contributed by atoms with E-state index in [0.717, 1.165) is 11.8 Å². The molecule has 1 fully saturated rings. The van der Waals surface area contributed by atoms with Crippen molar-refractivity contribution in [2.75, 3.05) is 33.3 Å². The van der Waals surface area contributed by atoms with Crippen LogP contribution in [-0.4, -0.2) is 63.6 Å². The van der Waals surface area contributed by atoms with Crippen LogP contribution in [0, 0.1) is 12.7 Å². The van der Waals surface area contributed by atoms with Crippen molar-refractivity contribution in [1.29, 1.82) is 0 Å². The van der Waals surface area contributed by atoms with Gasteiger partial charge in [-0.15, -0.1) is 0 Å². The number of piperazine rings is 1. The maximum Gasteiger partial charge on any atom is 0.433 e. The Labute approximate surface area is 222 Å². The number of carbonyl (C=O) groups is 1. The molecule has 1 atom stereocenters. The molecule has 0 radical (unpaired) electrons. The summed E-state index contributed by atoms with van der Waals surface area (Å²) in [4.78, 5) is 21.8. The molecule has 204 valence electrons. The molecule has 0 saturated carbocycles. The van der Waals surface area contributed by atoms with Crippen molar-refractivity contribution in [2.45, 2.75) is 26.1 Å². The van der Waals surface area contributed by atoms with Gasteiger partial charge >= 0.3 is 6.18 Å². The average Bonchev–Trinajstić information content (AvgIpc) is 3.35. The number of benzene rings is 2. The molecule has 5 rings (SSSR count). The van der Waals surface area contributed by atoms with Crippen molar-refractivity contribution in [2.24, 2.45) is 0 Å².